The summed E-state index contributed by atoms with van der Waals surface area (Å²) in [4.78, 5) is 4.10. The number of hydrogen-bond donors (Lipinski definition) is 2. The van der Waals surface area contributed by atoms with Gasteiger partial charge in [0, 0.05) is 17.1 Å². The van der Waals surface area contributed by atoms with Gasteiger partial charge in [-0.2, -0.15) is 0 Å². The van der Waals surface area contributed by atoms with E-state index in [1.807, 2.05) is 0 Å². The molecule has 1 heterocycles. The fourth-order valence-corrected chi connectivity index (χ4v) is 3.64. The maximum absolute atomic E-state index is 13.9. The standard InChI is InChI=1S/C16H13FN2O3S/c17-13-6-1-4-11(10-20)16(13)19-23(21,22)15-8-2-7-14-12(15)5-3-9-18-14/h1-9,19-20H,10H2. The molecule has 0 spiro atoms. The number of hydrogen-bond acceptors (Lipinski definition) is 4. The van der Waals surface area contributed by atoms with Crippen LogP contribution in [0.15, 0.2) is 59.6 Å². The molecule has 5 nitrogen and oxygen atoms in total. The third kappa shape index (κ3) is 2.88. The highest BCUT2D eigenvalue weighted by atomic mass is 32.2. The topological polar surface area (TPSA) is 79.3 Å². The lowest BCUT2D eigenvalue weighted by molar-refractivity contribution is 0.282. The van der Waals surface area contributed by atoms with Crippen molar-refractivity contribution < 1.29 is 17.9 Å². The van der Waals surface area contributed by atoms with Crippen LogP contribution in [-0.4, -0.2) is 18.5 Å². The van der Waals surface area contributed by atoms with Crippen LogP contribution in [-0.2, 0) is 16.6 Å². The minimum Gasteiger partial charge on any atom is -0.392 e. The summed E-state index contributed by atoms with van der Waals surface area (Å²) in [5.74, 6) is -0.751. The van der Waals surface area contributed by atoms with Gasteiger partial charge < -0.3 is 5.11 Å². The van der Waals surface area contributed by atoms with Crippen molar-refractivity contribution in [1.82, 2.24) is 4.98 Å². The number of benzene rings is 2. The van der Waals surface area contributed by atoms with E-state index in [9.17, 15) is 17.9 Å². The van der Waals surface area contributed by atoms with Crippen molar-refractivity contribution in [3.63, 3.8) is 0 Å². The number of halogens is 1. The van der Waals surface area contributed by atoms with Gasteiger partial charge in [0.2, 0.25) is 0 Å². The molecule has 3 rings (SSSR count). The normalized spacial score (nSPS) is 11.6. The van der Waals surface area contributed by atoms with Gasteiger partial charge >= 0.3 is 0 Å². The molecule has 0 unspecified atom stereocenters. The van der Waals surface area contributed by atoms with E-state index < -0.39 is 22.4 Å². The first-order valence-electron chi connectivity index (χ1n) is 6.78. The molecule has 0 saturated heterocycles. The molecule has 0 saturated carbocycles. The summed E-state index contributed by atoms with van der Waals surface area (Å²) in [6.07, 6.45) is 1.56. The number of aliphatic hydroxyl groups excluding tert-OH is 1. The van der Waals surface area contributed by atoms with Crippen molar-refractivity contribution in [1.29, 1.82) is 0 Å². The van der Waals surface area contributed by atoms with Gasteiger partial charge in [0.1, 0.15) is 5.82 Å². The lowest BCUT2D eigenvalue weighted by Gasteiger charge is -2.13. The van der Waals surface area contributed by atoms with Gasteiger partial charge in [-0.1, -0.05) is 18.2 Å². The van der Waals surface area contributed by atoms with E-state index in [0.29, 0.717) is 10.9 Å². The zero-order valence-corrected chi connectivity index (χ0v) is 12.7. The summed E-state index contributed by atoms with van der Waals surface area (Å²) >= 11 is 0. The number of nitrogens with zero attached hydrogens (tertiary/aromatic N) is 1. The van der Waals surface area contributed by atoms with Gasteiger partial charge in [0.05, 0.1) is 22.7 Å². The van der Waals surface area contributed by atoms with Crippen LogP contribution < -0.4 is 4.72 Å². The molecule has 7 heteroatoms. The molecular weight excluding hydrogens is 319 g/mol. The molecular formula is C16H13FN2O3S. The van der Waals surface area contributed by atoms with Gasteiger partial charge in [0.15, 0.2) is 0 Å². The second-order valence-corrected chi connectivity index (χ2v) is 6.51. The van der Waals surface area contributed by atoms with Crippen LogP contribution in [0.2, 0.25) is 0 Å². The number of aliphatic hydroxyl groups is 1. The monoisotopic (exact) mass is 332 g/mol. The smallest absolute Gasteiger partial charge is 0.262 e. The third-order valence-corrected chi connectivity index (χ3v) is 4.81. The van der Waals surface area contributed by atoms with Crippen LogP contribution in [0.4, 0.5) is 10.1 Å². The average Bonchev–Trinajstić information content (AvgIpc) is 2.56. The molecule has 0 atom stereocenters. The second kappa shape index (κ2) is 5.94. The lowest BCUT2D eigenvalue weighted by Crippen LogP contribution is -2.16. The first kappa shape index (κ1) is 15.4. The summed E-state index contributed by atoms with van der Waals surface area (Å²) in [5, 5.41) is 9.71. The molecule has 1 aromatic heterocycles. The lowest BCUT2D eigenvalue weighted by atomic mass is 10.2. The number of para-hydroxylation sites is 1. The third-order valence-electron chi connectivity index (χ3n) is 3.40. The first-order valence-corrected chi connectivity index (χ1v) is 8.26. The van der Waals surface area contributed by atoms with Gasteiger partial charge in [0.25, 0.3) is 10.0 Å². The molecule has 2 N–H and O–H groups in total. The van der Waals surface area contributed by atoms with E-state index in [2.05, 4.69) is 9.71 Å². The predicted octanol–water partition coefficient (Wildman–Crippen LogP) is 2.67. The summed E-state index contributed by atoms with van der Waals surface area (Å²) in [5.41, 5.74) is 0.425. The van der Waals surface area contributed by atoms with Crippen LogP contribution in [0.5, 0.6) is 0 Å². The molecule has 23 heavy (non-hydrogen) atoms. The molecule has 0 aliphatic rings. The number of rotatable bonds is 4. The average molecular weight is 332 g/mol. The van der Waals surface area contributed by atoms with Crippen LogP contribution in [0.1, 0.15) is 5.56 Å². The van der Waals surface area contributed by atoms with Crippen molar-refractivity contribution in [2.45, 2.75) is 11.5 Å². The number of anilines is 1. The Morgan fingerprint density at radius 3 is 2.65 bits per heavy atom. The van der Waals surface area contributed by atoms with Crippen molar-refractivity contribution in [2.24, 2.45) is 0 Å². The molecule has 0 radical (unpaired) electrons. The van der Waals surface area contributed by atoms with E-state index in [-0.39, 0.29) is 16.1 Å². The maximum atomic E-state index is 13.9. The van der Waals surface area contributed by atoms with Gasteiger partial charge in [-0.15, -0.1) is 0 Å². The summed E-state index contributed by atoms with van der Waals surface area (Å²) < 4.78 is 41.5. The molecule has 0 bridgehead atoms. The number of aromatic nitrogens is 1. The fourth-order valence-electron chi connectivity index (χ4n) is 2.31. The van der Waals surface area contributed by atoms with Crippen molar-refractivity contribution in [3.8, 4) is 0 Å². The van der Waals surface area contributed by atoms with Crippen LogP contribution in [0, 0.1) is 5.82 Å². The van der Waals surface area contributed by atoms with E-state index in [0.717, 1.165) is 6.07 Å². The Kier molecular flexibility index (Phi) is 3.97. The van der Waals surface area contributed by atoms with E-state index in [1.165, 1.54) is 18.2 Å². The zero-order chi connectivity index (χ0) is 16.4. The SMILES string of the molecule is O=S(=O)(Nc1c(F)cccc1CO)c1cccc2ncccc12. The Hall–Kier alpha value is -2.51. The van der Waals surface area contributed by atoms with E-state index in [1.54, 1.807) is 30.5 Å². The van der Waals surface area contributed by atoms with E-state index >= 15 is 0 Å². The Balaban J connectivity index is 2.13. The Labute approximate surface area is 132 Å². The summed E-state index contributed by atoms with van der Waals surface area (Å²) in [6.45, 7) is -0.479. The second-order valence-electron chi connectivity index (χ2n) is 4.86. The minimum absolute atomic E-state index is 0.00440. The fraction of sp³-hybridized carbons (Fsp3) is 0.0625. The van der Waals surface area contributed by atoms with Gasteiger partial charge in [-0.3, -0.25) is 9.71 Å². The highest BCUT2D eigenvalue weighted by molar-refractivity contribution is 7.93. The van der Waals surface area contributed by atoms with E-state index in [4.69, 9.17) is 0 Å². The molecule has 0 amide bonds. The maximum Gasteiger partial charge on any atom is 0.262 e. The Morgan fingerprint density at radius 1 is 1.09 bits per heavy atom. The highest BCUT2D eigenvalue weighted by Gasteiger charge is 2.20. The summed E-state index contributed by atoms with van der Waals surface area (Å²) in [7, 11) is -4.04. The Morgan fingerprint density at radius 2 is 1.87 bits per heavy atom. The predicted molar refractivity (Wildman–Crippen MR) is 84.9 cm³/mol. The number of nitrogens with one attached hydrogen (secondary N) is 1. The molecule has 118 valence electrons. The largest absolute Gasteiger partial charge is 0.392 e. The molecule has 0 aliphatic carbocycles. The van der Waals surface area contributed by atoms with Crippen molar-refractivity contribution in [2.75, 3.05) is 4.72 Å². The van der Waals surface area contributed by atoms with Crippen molar-refractivity contribution >= 4 is 26.6 Å². The van der Waals surface area contributed by atoms with Gasteiger partial charge in [-0.05, 0) is 30.3 Å². The van der Waals surface area contributed by atoms with Crippen LogP contribution >= 0.6 is 0 Å². The van der Waals surface area contributed by atoms with Crippen LogP contribution in [0.25, 0.3) is 10.9 Å². The quantitative estimate of drug-likeness (QED) is 0.770. The molecule has 3 aromatic rings. The van der Waals surface area contributed by atoms with Crippen molar-refractivity contribution in [3.05, 3.63) is 66.1 Å². The zero-order valence-electron chi connectivity index (χ0n) is 11.9. The minimum atomic E-state index is -4.04. The number of fused-ring (bicyclic) bond motifs is 1. The van der Waals surface area contributed by atoms with Gasteiger partial charge in [-0.25, -0.2) is 12.8 Å². The molecule has 2 aromatic carbocycles. The summed E-state index contributed by atoms with van der Waals surface area (Å²) in [6, 6.07) is 11.9. The highest BCUT2D eigenvalue weighted by Crippen LogP contribution is 2.27. The number of pyridine rings is 1. The van der Waals surface area contributed by atoms with Crippen LogP contribution in [0.3, 0.4) is 0 Å². The molecule has 0 aliphatic heterocycles. The first-order chi connectivity index (χ1) is 11.0. The molecule has 0 fully saturated rings. The Bertz CT molecular complexity index is 969. The number of sulfonamides is 1.